The first-order valence-electron chi connectivity index (χ1n) is 13.7. The van der Waals surface area contributed by atoms with Crippen molar-refractivity contribution in [1.82, 2.24) is 0 Å². The third kappa shape index (κ3) is 6.34. The molecule has 0 aliphatic carbocycles. The minimum Gasteiger partial charge on any atom is -0.493 e. The van der Waals surface area contributed by atoms with Crippen LogP contribution in [0.4, 0.5) is 0 Å². The summed E-state index contributed by atoms with van der Waals surface area (Å²) < 4.78 is 1.49. The third-order valence-corrected chi connectivity index (χ3v) is 6.68. The lowest BCUT2D eigenvalue weighted by Gasteiger charge is -2.14. The Kier molecular flexibility index (Phi) is 9.86. The van der Waals surface area contributed by atoms with Crippen LogP contribution in [0.25, 0.3) is 16.9 Å². The van der Waals surface area contributed by atoms with Crippen molar-refractivity contribution in [2.75, 3.05) is 0 Å². The number of unbranched alkanes of at least 4 members (excludes halogenated alkanes) is 1. The Bertz CT molecular complexity index is 1010. The lowest BCUT2D eigenvalue weighted by molar-refractivity contribution is -0.344. The van der Waals surface area contributed by atoms with Crippen molar-refractivity contribution >= 4 is 11.4 Å². The van der Waals surface area contributed by atoms with E-state index in [0.29, 0.717) is 0 Å². The second-order valence-electron chi connectivity index (χ2n) is 9.90. The Morgan fingerprint density at radius 1 is 0.559 bits per heavy atom. The van der Waals surface area contributed by atoms with Crippen LogP contribution in [0.1, 0.15) is 113 Å². The van der Waals surface area contributed by atoms with Gasteiger partial charge < -0.3 is 5.53 Å². The Labute approximate surface area is 208 Å². The summed E-state index contributed by atoms with van der Waals surface area (Å²) in [6, 6.07) is 13.9. The van der Waals surface area contributed by atoms with Crippen molar-refractivity contribution in [3.63, 3.8) is 0 Å². The molecule has 2 nitrogen and oxygen atoms in total. The van der Waals surface area contributed by atoms with Gasteiger partial charge in [-0.3, -0.25) is 0 Å². The SMILES string of the molecule is CCCCC1=C(c2cc(CCC)cc(CCC)c2)[N+](=[N-])C(c2cc(CCC)cc(CCC)c2)=C1. The average molecular weight is 457 g/mol. The van der Waals surface area contributed by atoms with E-state index in [-0.39, 0.29) is 0 Å². The summed E-state index contributed by atoms with van der Waals surface area (Å²) in [5, 5.41) is 0. The highest BCUT2D eigenvalue weighted by Crippen LogP contribution is 2.38. The maximum absolute atomic E-state index is 11.6. The van der Waals surface area contributed by atoms with Crippen LogP contribution in [0.2, 0.25) is 0 Å². The molecular weight excluding hydrogens is 412 g/mol. The fourth-order valence-electron chi connectivity index (χ4n) is 5.16. The molecule has 182 valence electrons. The van der Waals surface area contributed by atoms with Crippen LogP contribution in [-0.4, -0.2) is 4.70 Å². The quantitative estimate of drug-likeness (QED) is 0.268. The molecule has 0 bridgehead atoms. The van der Waals surface area contributed by atoms with Gasteiger partial charge in [-0.2, -0.15) is 0 Å². The van der Waals surface area contributed by atoms with Crippen LogP contribution < -0.4 is 0 Å². The molecule has 34 heavy (non-hydrogen) atoms. The van der Waals surface area contributed by atoms with Gasteiger partial charge in [-0.15, -0.1) is 0 Å². The molecule has 0 unspecified atom stereocenters. The van der Waals surface area contributed by atoms with Gasteiger partial charge in [0.05, 0.1) is 0 Å². The monoisotopic (exact) mass is 456 g/mol. The van der Waals surface area contributed by atoms with Crippen molar-refractivity contribution in [2.45, 2.75) is 105 Å². The van der Waals surface area contributed by atoms with E-state index in [0.717, 1.165) is 93.2 Å². The van der Waals surface area contributed by atoms with Gasteiger partial charge in [0.1, 0.15) is 0 Å². The van der Waals surface area contributed by atoms with Crippen LogP contribution in [0.3, 0.4) is 0 Å². The van der Waals surface area contributed by atoms with Crippen molar-refractivity contribution in [3.05, 3.63) is 87.0 Å². The molecule has 0 saturated heterocycles. The molecule has 0 saturated carbocycles. The standard InChI is InChI=1S/C32H44N2/c1-6-11-16-28-23-31(29-19-24(12-7-2)17-25(20-29)13-8-3)34(33)32(28)30-21-26(14-9-4)18-27(22-30)15-10-5/h17-23H,6-16H2,1-5H3. The van der Waals surface area contributed by atoms with Crippen molar-refractivity contribution in [2.24, 2.45) is 0 Å². The zero-order chi connectivity index (χ0) is 24.5. The van der Waals surface area contributed by atoms with E-state index < -0.39 is 0 Å². The topological polar surface area (TPSA) is 25.3 Å². The Morgan fingerprint density at radius 3 is 1.41 bits per heavy atom. The summed E-state index contributed by atoms with van der Waals surface area (Å²) in [4.78, 5) is 0. The number of aryl methyl sites for hydroxylation is 4. The van der Waals surface area contributed by atoms with Crippen molar-refractivity contribution in [1.29, 1.82) is 0 Å². The number of nitrogens with zero attached hydrogens (tertiary/aromatic N) is 2. The van der Waals surface area contributed by atoms with E-state index in [1.165, 1.54) is 32.5 Å². The molecule has 3 rings (SSSR count). The molecule has 0 amide bonds. The van der Waals surface area contributed by atoms with E-state index >= 15 is 0 Å². The van der Waals surface area contributed by atoms with E-state index in [9.17, 15) is 5.53 Å². The second-order valence-corrected chi connectivity index (χ2v) is 9.90. The fourth-order valence-corrected chi connectivity index (χ4v) is 5.16. The smallest absolute Gasteiger partial charge is 0.210 e. The zero-order valence-corrected chi connectivity index (χ0v) is 22.2. The summed E-state index contributed by atoms with van der Waals surface area (Å²) in [5.41, 5.74) is 22.6. The molecule has 1 aliphatic rings. The van der Waals surface area contributed by atoms with Gasteiger partial charge in [-0.05, 0) is 85.0 Å². The third-order valence-electron chi connectivity index (χ3n) is 6.68. The molecule has 2 aromatic carbocycles. The summed E-state index contributed by atoms with van der Waals surface area (Å²) in [7, 11) is 0. The summed E-state index contributed by atoms with van der Waals surface area (Å²) in [6.07, 6.45) is 14.3. The molecule has 0 aromatic heterocycles. The molecule has 0 radical (unpaired) electrons. The number of allylic oxidation sites excluding steroid dienone is 2. The summed E-state index contributed by atoms with van der Waals surface area (Å²) in [6.45, 7) is 11.2. The molecule has 0 N–H and O–H groups in total. The second kappa shape index (κ2) is 12.8. The van der Waals surface area contributed by atoms with Gasteiger partial charge in [-0.1, -0.05) is 78.9 Å². The molecule has 1 heterocycles. The molecule has 1 aliphatic heterocycles. The maximum atomic E-state index is 11.6. The first kappa shape index (κ1) is 26.1. The Hall–Kier alpha value is -2.48. The van der Waals surface area contributed by atoms with Crippen LogP contribution in [-0.2, 0) is 25.7 Å². The summed E-state index contributed by atoms with van der Waals surface area (Å²) in [5.74, 6) is 0. The fraction of sp³-hybridized carbons (Fsp3) is 0.500. The lowest BCUT2D eigenvalue weighted by atomic mass is 9.96. The molecule has 2 heteroatoms. The summed E-state index contributed by atoms with van der Waals surface area (Å²) >= 11 is 0. The minimum atomic E-state index is 0.925. The molecule has 0 atom stereocenters. The van der Waals surface area contributed by atoms with E-state index in [1.54, 1.807) is 0 Å². The number of hydrogen-bond acceptors (Lipinski definition) is 0. The van der Waals surface area contributed by atoms with Gasteiger partial charge in [0.15, 0.2) is 0 Å². The number of rotatable bonds is 13. The minimum absolute atomic E-state index is 0.925. The van der Waals surface area contributed by atoms with Crippen molar-refractivity contribution in [3.8, 4) is 0 Å². The Morgan fingerprint density at radius 2 is 1.00 bits per heavy atom. The van der Waals surface area contributed by atoms with E-state index in [2.05, 4.69) is 77.1 Å². The van der Waals surface area contributed by atoms with Crippen LogP contribution in [0.15, 0.2) is 48.0 Å². The van der Waals surface area contributed by atoms with E-state index in [4.69, 9.17) is 0 Å². The predicted molar refractivity (Wildman–Crippen MR) is 147 cm³/mol. The highest BCUT2D eigenvalue weighted by Gasteiger charge is 2.29. The number of benzene rings is 2. The maximum Gasteiger partial charge on any atom is 0.210 e. The molecule has 0 fully saturated rings. The zero-order valence-electron chi connectivity index (χ0n) is 22.2. The van der Waals surface area contributed by atoms with Gasteiger partial charge in [0.25, 0.3) is 0 Å². The Balaban J connectivity index is 2.08. The normalized spacial score (nSPS) is 13.7. The van der Waals surface area contributed by atoms with Crippen LogP contribution >= 0.6 is 0 Å². The van der Waals surface area contributed by atoms with Gasteiger partial charge in [0.2, 0.25) is 11.4 Å². The lowest BCUT2D eigenvalue weighted by Crippen LogP contribution is -2.05. The van der Waals surface area contributed by atoms with Gasteiger partial charge in [-0.25, -0.2) is 4.70 Å². The predicted octanol–water partition coefficient (Wildman–Crippen LogP) is 9.49. The van der Waals surface area contributed by atoms with Crippen LogP contribution in [0, 0.1) is 0 Å². The first-order valence-corrected chi connectivity index (χ1v) is 13.7. The van der Waals surface area contributed by atoms with Crippen molar-refractivity contribution < 1.29 is 4.70 Å². The van der Waals surface area contributed by atoms with E-state index in [1.807, 2.05) is 0 Å². The largest absolute Gasteiger partial charge is 0.493 e. The highest BCUT2D eigenvalue weighted by molar-refractivity contribution is 5.79. The molecular formula is C32H44N2. The first-order chi connectivity index (χ1) is 16.5. The molecule has 0 spiro atoms. The average Bonchev–Trinajstić information content (AvgIpc) is 3.14. The van der Waals surface area contributed by atoms with Gasteiger partial charge in [0, 0.05) is 22.8 Å². The van der Waals surface area contributed by atoms with Gasteiger partial charge >= 0.3 is 0 Å². The number of hydrogen-bond donors (Lipinski definition) is 0. The highest BCUT2D eigenvalue weighted by atomic mass is 15.2. The molecule has 2 aromatic rings. The van der Waals surface area contributed by atoms with Crippen LogP contribution in [0.5, 0.6) is 0 Å².